The number of oxime groups is 1. The molecule has 0 radical (unpaired) electrons. The lowest BCUT2D eigenvalue weighted by molar-refractivity contribution is 0.0963. The second-order valence-corrected chi connectivity index (χ2v) is 3.58. The molecule has 0 saturated carbocycles. The van der Waals surface area contributed by atoms with Gasteiger partial charge in [-0.05, 0) is 26.3 Å². The molecule has 2 rings (SSSR count). The first-order chi connectivity index (χ1) is 5.68. The molecule has 0 amide bonds. The van der Waals surface area contributed by atoms with Crippen molar-refractivity contribution in [3.05, 3.63) is 23.3 Å². The van der Waals surface area contributed by atoms with E-state index < -0.39 is 0 Å². The smallest absolute Gasteiger partial charge is 0.160 e. The van der Waals surface area contributed by atoms with Gasteiger partial charge in [0.15, 0.2) is 6.10 Å². The molecular weight excluding hydrogens is 150 g/mol. The van der Waals surface area contributed by atoms with Gasteiger partial charge in [-0.2, -0.15) is 0 Å². The summed E-state index contributed by atoms with van der Waals surface area (Å²) < 4.78 is 0. The van der Waals surface area contributed by atoms with Gasteiger partial charge in [-0.1, -0.05) is 22.9 Å². The Bertz CT molecular complexity index is 299. The van der Waals surface area contributed by atoms with Gasteiger partial charge in [0, 0.05) is 0 Å². The van der Waals surface area contributed by atoms with Crippen LogP contribution in [0.5, 0.6) is 0 Å². The highest BCUT2D eigenvalue weighted by atomic mass is 16.6. The number of allylic oxidation sites excluding steroid dienone is 2. The zero-order valence-electron chi connectivity index (χ0n) is 7.66. The molecule has 0 aromatic rings. The topological polar surface area (TPSA) is 21.6 Å². The second kappa shape index (κ2) is 2.47. The Labute approximate surface area is 72.6 Å². The van der Waals surface area contributed by atoms with E-state index in [1.54, 1.807) is 0 Å². The maximum absolute atomic E-state index is 5.30. The minimum atomic E-state index is 0.175. The third-order valence-electron chi connectivity index (χ3n) is 2.47. The van der Waals surface area contributed by atoms with Crippen LogP contribution in [-0.4, -0.2) is 11.8 Å². The summed E-state index contributed by atoms with van der Waals surface area (Å²) in [5.74, 6) is 0.384. The number of fused-ring (bicyclic) bond motifs is 1. The molecule has 2 atom stereocenters. The van der Waals surface area contributed by atoms with Crippen LogP contribution in [0.3, 0.4) is 0 Å². The largest absolute Gasteiger partial charge is 0.387 e. The fraction of sp³-hybridized carbons (Fsp3) is 0.500. The Kier molecular flexibility index (Phi) is 1.56. The first-order valence-corrected chi connectivity index (χ1v) is 4.25. The lowest BCUT2D eigenvalue weighted by atomic mass is 9.86. The van der Waals surface area contributed by atoms with Crippen molar-refractivity contribution in [2.75, 3.05) is 0 Å². The molecular formula is C10H13NO. The first-order valence-electron chi connectivity index (χ1n) is 4.25. The zero-order chi connectivity index (χ0) is 8.72. The van der Waals surface area contributed by atoms with E-state index in [1.165, 1.54) is 11.1 Å². The molecule has 0 saturated heterocycles. The molecule has 0 N–H and O–H groups in total. The summed E-state index contributed by atoms with van der Waals surface area (Å²) in [5, 5.41) is 4.00. The normalized spacial score (nSPS) is 33.1. The average molecular weight is 163 g/mol. The van der Waals surface area contributed by atoms with Gasteiger partial charge in [0.25, 0.3) is 0 Å². The van der Waals surface area contributed by atoms with Crippen molar-refractivity contribution in [3.63, 3.8) is 0 Å². The fourth-order valence-electron chi connectivity index (χ4n) is 1.83. The lowest BCUT2D eigenvalue weighted by Gasteiger charge is -2.20. The molecule has 1 heterocycles. The maximum Gasteiger partial charge on any atom is 0.160 e. The van der Waals surface area contributed by atoms with Gasteiger partial charge in [0.2, 0.25) is 0 Å². The highest BCUT2D eigenvalue weighted by Gasteiger charge is 2.33. The molecule has 12 heavy (non-hydrogen) atoms. The summed E-state index contributed by atoms with van der Waals surface area (Å²) in [5.41, 5.74) is 3.68. The summed E-state index contributed by atoms with van der Waals surface area (Å²) >= 11 is 0. The molecule has 0 aromatic heterocycles. The monoisotopic (exact) mass is 163 g/mol. The Balaban J connectivity index is 2.35. The fourth-order valence-corrected chi connectivity index (χ4v) is 1.83. The molecule has 64 valence electrons. The predicted molar refractivity (Wildman–Crippen MR) is 49.0 cm³/mol. The van der Waals surface area contributed by atoms with Gasteiger partial charge in [-0.15, -0.1) is 0 Å². The lowest BCUT2D eigenvalue weighted by Crippen LogP contribution is -2.23. The van der Waals surface area contributed by atoms with E-state index in [4.69, 9.17) is 4.84 Å². The molecule has 2 heteroatoms. The highest BCUT2D eigenvalue weighted by Crippen LogP contribution is 2.30. The van der Waals surface area contributed by atoms with Crippen LogP contribution in [0.4, 0.5) is 0 Å². The molecule has 0 fully saturated rings. The van der Waals surface area contributed by atoms with E-state index in [1.807, 2.05) is 6.92 Å². The van der Waals surface area contributed by atoms with Crippen LogP contribution in [0.25, 0.3) is 0 Å². The minimum Gasteiger partial charge on any atom is -0.387 e. The van der Waals surface area contributed by atoms with Crippen molar-refractivity contribution < 1.29 is 4.84 Å². The predicted octanol–water partition coefficient (Wildman–Crippen LogP) is 2.28. The average Bonchev–Trinajstić information content (AvgIpc) is 2.33. The molecule has 2 aliphatic rings. The Hall–Kier alpha value is -1.05. The molecule has 0 aromatic carbocycles. The van der Waals surface area contributed by atoms with E-state index in [0.717, 1.165) is 5.71 Å². The van der Waals surface area contributed by atoms with Crippen LogP contribution in [0, 0.1) is 5.92 Å². The van der Waals surface area contributed by atoms with Gasteiger partial charge in [0.05, 0.1) is 11.6 Å². The Morgan fingerprint density at radius 2 is 2.08 bits per heavy atom. The summed E-state index contributed by atoms with van der Waals surface area (Å²) in [7, 11) is 0. The number of hydrogen-bond acceptors (Lipinski definition) is 2. The molecule has 0 spiro atoms. The quantitative estimate of drug-likeness (QED) is 0.537. The van der Waals surface area contributed by atoms with Crippen molar-refractivity contribution in [3.8, 4) is 0 Å². The minimum absolute atomic E-state index is 0.175. The van der Waals surface area contributed by atoms with E-state index in [9.17, 15) is 0 Å². The van der Waals surface area contributed by atoms with Crippen LogP contribution < -0.4 is 0 Å². The SMILES string of the molecule is CC1=CC2C(C)=NOC2C(C)=C1. The van der Waals surface area contributed by atoms with Crippen molar-refractivity contribution in [1.82, 2.24) is 0 Å². The molecule has 0 bridgehead atoms. The third-order valence-corrected chi connectivity index (χ3v) is 2.47. The van der Waals surface area contributed by atoms with Crippen molar-refractivity contribution in [2.45, 2.75) is 26.9 Å². The van der Waals surface area contributed by atoms with Crippen LogP contribution in [-0.2, 0) is 4.84 Å². The van der Waals surface area contributed by atoms with E-state index in [2.05, 4.69) is 31.2 Å². The Morgan fingerprint density at radius 3 is 2.83 bits per heavy atom. The first kappa shape index (κ1) is 7.59. The second-order valence-electron chi connectivity index (χ2n) is 3.58. The maximum atomic E-state index is 5.30. The van der Waals surface area contributed by atoms with Gasteiger partial charge in [-0.25, -0.2) is 0 Å². The van der Waals surface area contributed by atoms with E-state index in [0.29, 0.717) is 5.92 Å². The van der Waals surface area contributed by atoms with Gasteiger partial charge >= 0.3 is 0 Å². The molecule has 2 nitrogen and oxygen atoms in total. The summed E-state index contributed by atoms with van der Waals surface area (Å²) in [6, 6.07) is 0. The highest BCUT2D eigenvalue weighted by molar-refractivity contribution is 5.88. The number of nitrogens with zero attached hydrogens (tertiary/aromatic N) is 1. The summed E-state index contributed by atoms with van der Waals surface area (Å²) in [6.07, 6.45) is 4.56. The van der Waals surface area contributed by atoms with Crippen LogP contribution in [0.2, 0.25) is 0 Å². The van der Waals surface area contributed by atoms with Crippen LogP contribution in [0.15, 0.2) is 28.5 Å². The van der Waals surface area contributed by atoms with Crippen molar-refractivity contribution in [1.29, 1.82) is 0 Å². The van der Waals surface area contributed by atoms with Gasteiger partial charge in [0.1, 0.15) is 0 Å². The molecule has 2 unspecified atom stereocenters. The van der Waals surface area contributed by atoms with Crippen LogP contribution in [0.1, 0.15) is 20.8 Å². The number of hydrogen-bond donors (Lipinski definition) is 0. The van der Waals surface area contributed by atoms with Crippen molar-refractivity contribution in [2.24, 2.45) is 11.1 Å². The van der Waals surface area contributed by atoms with Gasteiger partial charge in [-0.3, -0.25) is 0 Å². The Morgan fingerprint density at radius 1 is 1.33 bits per heavy atom. The van der Waals surface area contributed by atoms with Crippen molar-refractivity contribution >= 4 is 5.71 Å². The standard InChI is InChI=1S/C10H13NO/c1-6-4-7(2)10-9(5-6)8(3)11-12-10/h4-5,9-10H,1-3H3. The summed E-state index contributed by atoms with van der Waals surface area (Å²) in [4.78, 5) is 5.30. The van der Waals surface area contributed by atoms with E-state index >= 15 is 0 Å². The number of rotatable bonds is 0. The zero-order valence-corrected chi connectivity index (χ0v) is 7.66. The van der Waals surface area contributed by atoms with Crippen LogP contribution >= 0.6 is 0 Å². The third kappa shape index (κ3) is 0.986. The molecule has 1 aliphatic heterocycles. The summed E-state index contributed by atoms with van der Waals surface area (Å²) in [6.45, 7) is 6.24. The van der Waals surface area contributed by atoms with Gasteiger partial charge < -0.3 is 4.84 Å². The molecule has 1 aliphatic carbocycles. The van der Waals surface area contributed by atoms with E-state index in [-0.39, 0.29) is 6.10 Å².